The van der Waals surface area contributed by atoms with Crippen molar-refractivity contribution in [1.82, 2.24) is 10.6 Å². The number of amides is 1. The van der Waals surface area contributed by atoms with Crippen LogP contribution >= 0.6 is 12.4 Å². The quantitative estimate of drug-likeness (QED) is 0.824. The number of carbonyl (C=O) groups excluding carboxylic acids is 1. The van der Waals surface area contributed by atoms with Crippen LogP contribution in [0.25, 0.3) is 0 Å². The van der Waals surface area contributed by atoms with Crippen LogP contribution in [0.3, 0.4) is 0 Å². The van der Waals surface area contributed by atoms with Crippen molar-refractivity contribution in [3.63, 3.8) is 0 Å². The van der Waals surface area contributed by atoms with Crippen LogP contribution in [0.1, 0.15) is 24.8 Å². The topological polar surface area (TPSA) is 68.8 Å². The zero-order valence-electron chi connectivity index (χ0n) is 13.8. The maximum absolute atomic E-state index is 12.1. The Hall–Kier alpha value is -1.66. The molecule has 1 unspecified atom stereocenters. The lowest BCUT2D eigenvalue weighted by Crippen LogP contribution is -2.46. The summed E-state index contributed by atoms with van der Waals surface area (Å²) in [7, 11) is 4.72. The lowest BCUT2D eigenvalue weighted by molar-refractivity contribution is -0.123. The number of benzene rings is 1. The minimum Gasteiger partial charge on any atom is -0.493 e. The Morgan fingerprint density at radius 3 is 2.30 bits per heavy atom. The normalized spacial score (nSPS) is 16.9. The molecule has 1 aliphatic heterocycles. The van der Waals surface area contributed by atoms with Crippen molar-refractivity contribution in [2.24, 2.45) is 0 Å². The number of nitrogens with one attached hydrogen (secondary N) is 2. The second kappa shape index (κ2) is 9.47. The minimum atomic E-state index is -0.0872. The van der Waals surface area contributed by atoms with Gasteiger partial charge in [0.05, 0.1) is 27.4 Å². The Bertz CT molecular complexity index is 494. The molecule has 1 fully saturated rings. The summed E-state index contributed by atoms with van der Waals surface area (Å²) in [6, 6.07) is 3.60. The van der Waals surface area contributed by atoms with Gasteiger partial charge in [0.1, 0.15) is 0 Å². The summed E-state index contributed by atoms with van der Waals surface area (Å²) in [5, 5.41) is 6.19. The highest BCUT2D eigenvalue weighted by atomic mass is 35.5. The molecule has 1 aliphatic rings. The van der Waals surface area contributed by atoms with E-state index < -0.39 is 0 Å². The Morgan fingerprint density at radius 1 is 1.17 bits per heavy atom. The van der Waals surface area contributed by atoms with Gasteiger partial charge in [0, 0.05) is 6.54 Å². The predicted octanol–water partition coefficient (Wildman–Crippen LogP) is 1.89. The Morgan fingerprint density at radius 2 is 1.83 bits per heavy atom. The van der Waals surface area contributed by atoms with E-state index in [4.69, 9.17) is 14.2 Å². The Balaban J connectivity index is 0.00000264. The third-order valence-corrected chi connectivity index (χ3v) is 3.82. The van der Waals surface area contributed by atoms with Crippen LogP contribution < -0.4 is 24.8 Å². The number of halogens is 1. The van der Waals surface area contributed by atoms with E-state index in [0.717, 1.165) is 31.4 Å². The number of hydrogen-bond acceptors (Lipinski definition) is 5. The van der Waals surface area contributed by atoms with E-state index in [-0.39, 0.29) is 24.4 Å². The fourth-order valence-electron chi connectivity index (χ4n) is 2.63. The van der Waals surface area contributed by atoms with Gasteiger partial charge >= 0.3 is 0 Å². The van der Waals surface area contributed by atoms with Crippen molar-refractivity contribution >= 4 is 18.3 Å². The van der Waals surface area contributed by atoms with E-state index >= 15 is 0 Å². The fraction of sp³-hybridized carbons (Fsp3) is 0.562. The van der Waals surface area contributed by atoms with Crippen molar-refractivity contribution < 1.29 is 19.0 Å². The average Bonchev–Trinajstić information content (AvgIpc) is 2.59. The van der Waals surface area contributed by atoms with Crippen molar-refractivity contribution in [1.29, 1.82) is 0 Å². The molecule has 1 amide bonds. The van der Waals surface area contributed by atoms with Gasteiger partial charge in [-0.15, -0.1) is 12.4 Å². The number of rotatable bonds is 6. The number of piperidine rings is 1. The summed E-state index contributed by atoms with van der Waals surface area (Å²) in [5.74, 6) is 1.76. The monoisotopic (exact) mass is 344 g/mol. The first-order chi connectivity index (χ1) is 10.7. The zero-order valence-corrected chi connectivity index (χ0v) is 14.6. The van der Waals surface area contributed by atoms with Crippen LogP contribution in [0.4, 0.5) is 0 Å². The highest BCUT2D eigenvalue weighted by Gasteiger charge is 2.20. The standard InChI is InChI=1S/C16H24N2O4.ClH/c1-20-13-8-11(9-14(21-2)15(13)22-3)10-18-16(19)12-6-4-5-7-17-12;/h8-9,12,17H,4-7,10H2,1-3H3,(H,18,19);1H. The van der Waals surface area contributed by atoms with Crippen molar-refractivity contribution in [2.75, 3.05) is 27.9 Å². The predicted molar refractivity (Wildman–Crippen MR) is 90.8 cm³/mol. The largest absolute Gasteiger partial charge is 0.493 e. The van der Waals surface area contributed by atoms with Crippen LogP contribution in [0.15, 0.2) is 12.1 Å². The molecule has 1 atom stereocenters. The molecule has 2 rings (SSSR count). The third kappa shape index (κ3) is 4.91. The van der Waals surface area contributed by atoms with Crippen LogP contribution in [-0.2, 0) is 11.3 Å². The summed E-state index contributed by atoms with van der Waals surface area (Å²) in [6.45, 7) is 1.33. The van der Waals surface area contributed by atoms with Gasteiger partial charge in [0.25, 0.3) is 0 Å². The molecule has 0 aliphatic carbocycles. The number of methoxy groups -OCH3 is 3. The maximum Gasteiger partial charge on any atom is 0.237 e. The summed E-state index contributed by atoms with van der Waals surface area (Å²) < 4.78 is 15.9. The molecule has 0 saturated carbocycles. The van der Waals surface area contributed by atoms with Crippen LogP contribution in [0, 0.1) is 0 Å². The summed E-state index contributed by atoms with van der Waals surface area (Å²) in [4.78, 5) is 12.1. The second-order valence-electron chi connectivity index (χ2n) is 5.25. The summed E-state index contributed by atoms with van der Waals surface area (Å²) in [5.41, 5.74) is 0.902. The van der Waals surface area contributed by atoms with Gasteiger partial charge in [0.15, 0.2) is 11.5 Å². The van der Waals surface area contributed by atoms with E-state index in [2.05, 4.69) is 10.6 Å². The van der Waals surface area contributed by atoms with E-state index in [0.29, 0.717) is 23.8 Å². The molecule has 1 aromatic carbocycles. The van der Waals surface area contributed by atoms with Gasteiger partial charge in [-0.1, -0.05) is 6.42 Å². The first-order valence-corrected chi connectivity index (χ1v) is 7.49. The van der Waals surface area contributed by atoms with Crippen LogP contribution in [-0.4, -0.2) is 39.8 Å². The molecule has 130 valence electrons. The van der Waals surface area contributed by atoms with E-state index in [1.807, 2.05) is 12.1 Å². The highest BCUT2D eigenvalue weighted by Crippen LogP contribution is 2.38. The van der Waals surface area contributed by atoms with Crippen LogP contribution in [0.2, 0.25) is 0 Å². The SMILES string of the molecule is COc1cc(CNC(=O)C2CCCCN2)cc(OC)c1OC.Cl. The molecule has 1 saturated heterocycles. The van der Waals surface area contributed by atoms with E-state index in [9.17, 15) is 4.79 Å². The summed E-state index contributed by atoms with van der Waals surface area (Å²) >= 11 is 0. The van der Waals surface area contributed by atoms with Gasteiger partial charge in [0.2, 0.25) is 11.7 Å². The number of hydrogen-bond donors (Lipinski definition) is 2. The number of carbonyl (C=O) groups is 1. The number of ether oxygens (including phenoxy) is 3. The molecule has 23 heavy (non-hydrogen) atoms. The molecule has 7 heteroatoms. The highest BCUT2D eigenvalue weighted by molar-refractivity contribution is 5.85. The Kier molecular flexibility index (Phi) is 7.98. The maximum atomic E-state index is 12.1. The van der Waals surface area contributed by atoms with Crippen molar-refractivity contribution in [3.05, 3.63) is 17.7 Å². The van der Waals surface area contributed by atoms with Gasteiger partial charge in [-0.2, -0.15) is 0 Å². The minimum absolute atomic E-state index is 0. The van der Waals surface area contributed by atoms with Gasteiger partial charge in [-0.3, -0.25) is 4.79 Å². The summed E-state index contributed by atoms with van der Waals surface area (Å²) in [6.07, 6.45) is 3.12. The lowest BCUT2D eigenvalue weighted by Gasteiger charge is -2.22. The second-order valence-corrected chi connectivity index (χ2v) is 5.25. The van der Waals surface area contributed by atoms with Crippen molar-refractivity contribution in [3.8, 4) is 17.2 Å². The smallest absolute Gasteiger partial charge is 0.237 e. The molecule has 1 heterocycles. The molecule has 0 aromatic heterocycles. The molecule has 0 spiro atoms. The molecule has 2 N–H and O–H groups in total. The first-order valence-electron chi connectivity index (χ1n) is 7.49. The van der Waals surface area contributed by atoms with E-state index in [1.54, 1.807) is 21.3 Å². The average molecular weight is 345 g/mol. The Labute approximate surface area is 143 Å². The fourth-order valence-corrected chi connectivity index (χ4v) is 2.63. The molecular formula is C16H25ClN2O4. The van der Waals surface area contributed by atoms with Crippen LogP contribution in [0.5, 0.6) is 17.2 Å². The van der Waals surface area contributed by atoms with Gasteiger partial charge in [-0.25, -0.2) is 0 Å². The third-order valence-electron chi connectivity index (χ3n) is 3.82. The molecular weight excluding hydrogens is 320 g/mol. The van der Waals surface area contributed by atoms with Gasteiger partial charge in [-0.05, 0) is 37.1 Å². The molecule has 0 bridgehead atoms. The van der Waals surface area contributed by atoms with Crippen molar-refractivity contribution in [2.45, 2.75) is 31.8 Å². The first kappa shape index (κ1) is 19.4. The molecule has 6 nitrogen and oxygen atoms in total. The van der Waals surface area contributed by atoms with E-state index in [1.165, 1.54) is 0 Å². The molecule has 1 aromatic rings. The molecule has 0 radical (unpaired) electrons. The zero-order chi connectivity index (χ0) is 15.9. The lowest BCUT2D eigenvalue weighted by atomic mass is 10.0. The van der Waals surface area contributed by atoms with Gasteiger partial charge < -0.3 is 24.8 Å².